The van der Waals surface area contributed by atoms with Crippen molar-refractivity contribution in [3.8, 4) is 5.69 Å². The molecule has 0 aliphatic carbocycles. The number of nitrogens with one attached hydrogen (secondary N) is 1. The molecule has 164 valence electrons. The van der Waals surface area contributed by atoms with Gasteiger partial charge in [0.05, 0.1) is 12.1 Å². The summed E-state index contributed by atoms with van der Waals surface area (Å²) in [6.07, 6.45) is 4.83. The highest BCUT2D eigenvalue weighted by Crippen LogP contribution is 2.27. The first-order chi connectivity index (χ1) is 15.0. The molecular formula is C19H22N6O3S3. The van der Waals surface area contributed by atoms with Gasteiger partial charge in [0.1, 0.15) is 4.21 Å². The van der Waals surface area contributed by atoms with Gasteiger partial charge in [0, 0.05) is 23.7 Å². The van der Waals surface area contributed by atoms with E-state index in [0.717, 1.165) is 36.3 Å². The molecule has 0 radical (unpaired) electrons. The highest BCUT2D eigenvalue weighted by atomic mass is 32.2. The van der Waals surface area contributed by atoms with Crippen LogP contribution in [0.5, 0.6) is 0 Å². The van der Waals surface area contributed by atoms with Gasteiger partial charge in [-0.2, -0.15) is 8.99 Å². The van der Waals surface area contributed by atoms with Crippen LogP contribution in [0.15, 0.2) is 45.8 Å². The van der Waals surface area contributed by atoms with E-state index in [2.05, 4.69) is 20.8 Å². The monoisotopic (exact) mass is 478 g/mol. The Morgan fingerprint density at radius 2 is 2.00 bits per heavy atom. The number of carbonyl (C=O) groups is 1. The summed E-state index contributed by atoms with van der Waals surface area (Å²) in [6, 6.07) is 10.5. The predicted molar refractivity (Wildman–Crippen MR) is 120 cm³/mol. The van der Waals surface area contributed by atoms with Crippen molar-refractivity contribution in [3.63, 3.8) is 0 Å². The summed E-state index contributed by atoms with van der Waals surface area (Å²) < 4.78 is 29.0. The molecule has 0 spiro atoms. The summed E-state index contributed by atoms with van der Waals surface area (Å²) in [6.45, 7) is 1.12. The van der Waals surface area contributed by atoms with Gasteiger partial charge in [-0.3, -0.25) is 4.79 Å². The Labute approximate surface area is 188 Å². The molecule has 4 rings (SSSR count). The lowest BCUT2D eigenvalue weighted by Crippen LogP contribution is -2.35. The van der Waals surface area contributed by atoms with E-state index in [-0.39, 0.29) is 12.3 Å². The number of sulfonamides is 1. The minimum atomic E-state index is -3.48. The maximum Gasteiger partial charge on any atom is 0.252 e. The average Bonchev–Trinajstić information content (AvgIpc) is 3.44. The summed E-state index contributed by atoms with van der Waals surface area (Å²) in [5, 5.41) is 15.1. The molecule has 9 nitrogen and oxygen atoms in total. The SMILES string of the molecule is CSc1nnnn1-c1cccc(NC(=O)Cc2ccc(S(=O)(=O)N3CCCCC3)s2)c1. The number of anilines is 1. The van der Waals surface area contributed by atoms with Crippen LogP contribution in [-0.2, 0) is 21.2 Å². The number of thiophene rings is 1. The van der Waals surface area contributed by atoms with Gasteiger partial charge in [-0.1, -0.05) is 24.2 Å². The molecule has 2 aromatic heterocycles. The van der Waals surface area contributed by atoms with Crippen molar-refractivity contribution in [1.29, 1.82) is 0 Å². The van der Waals surface area contributed by atoms with E-state index in [1.165, 1.54) is 11.8 Å². The van der Waals surface area contributed by atoms with Gasteiger partial charge < -0.3 is 5.32 Å². The van der Waals surface area contributed by atoms with Crippen molar-refractivity contribution in [2.75, 3.05) is 24.7 Å². The van der Waals surface area contributed by atoms with Crippen LogP contribution in [-0.4, -0.2) is 58.2 Å². The Morgan fingerprint density at radius 3 is 2.77 bits per heavy atom. The fraction of sp³-hybridized carbons (Fsp3) is 0.368. The van der Waals surface area contributed by atoms with Gasteiger partial charge >= 0.3 is 0 Å². The molecule has 1 aromatic carbocycles. The highest BCUT2D eigenvalue weighted by Gasteiger charge is 2.27. The first kappa shape index (κ1) is 21.9. The molecule has 0 saturated carbocycles. The quantitative estimate of drug-likeness (QED) is 0.520. The molecule has 1 aliphatic rings. The summed E-state index contributed by atoms with van der Waals surface area (Å²) in [5.41, 5.74) is 1.35. The minimum Gasteiger partial charge on any atom is -0.326 e. The number of amides is 1. The predicted octanol–water partition coefficient (Wildman–Crippen LogP) is 2.80. The van der Waals surface area contributed by atoms with Crippen LogP contribution in [0.4, 0.5) is 5.69 Å². The third-order valence-electron chi connectivity index (χ3n) is 4.88. The summed E-state index contributed by atoms with van der Waals surface area (Å²) in [5.74, 6) is -0.220. The number of tetrazole rings is 1. The van der Waals surface area contributed by atoms with Crippen molar-refractivity contribution >= 4 is 44.7 Å². The molecule has 0 atom stereocenters. The van der Waals surface area contributed by atoms with E-state index >= 15 is 0 Å². The summed E-state index contributed by atoms with van der Waals surface area (Å²) in [7, 11) is -3.48. The Balaban J connectivity index is 1.42. The second-order valence-electron chi connectivity index (χ2n) is 7.04. The van der Waals surface area contributed by atoms with Gasteiger partial charge in [0.2, 0.25) is 11.1 Å². The number of hydrogen-bond donors (Lipinski definition) is 1. The van der Waals surface area contributed by atoms with E-state index in [4.69, 9.17) is 0 Å². The molecule has 3 aromatic rings. The van der Waals surface area contributed by atoms with Crippen LogP contribution < -0.4 is 5.32 Å². The number of nitrogens with zero attached hydrogens (tertiary/aromatic N) is 5. The van der Waals surface area contributed by atoms with Crippen molar-refractivity contribution in [2.24, 2.45) is 0 Å². The lowest BCUT2D eigenvalue weighted by atomic mass is 10.2. The number of rotatable bonds is 7. The van der Waals surface area contributed by atoms with E-state index < -0.39 is 10.0 Å². The second kappa shape index (κ2) is 9.47. The van der Waals surface area contributed by atoms with Crippen LogP contribution in [0.25, 0.3) is 5.69 Å². The third kappa shape index (κ3) is 4.97. The number of piperidine rings is 1. The first-order valence-corrected chi connectivity index (χ1v) is 13.3. The van der Waals surface area contributed by atoms with Crippen molar-refractivity contribution in [1.82, 2.24) is 24.5 Å². The fourth-order valence-corrected chi connectivity index (χ4v) is 6.83. The molecule has 1 aliphatic heterocycles. The molecule has 1 N–H and O–H groups in total. The first-order valence-electron chi connectivity index (χ1n) is 9.79. The van der Waals surface area contributed by atoms with Crippen molar-refractivity contribution < 1.29 is 13.2 Å². The van der Waals surface area contributed by atoms with E-state index in [1.807, 2.05) is 18.4 Å². The molecule has 0 bridgehead atoms. The third-order valence-corrected chi connectivity index (χ3v) is 8.95. The molecule has 1 saturated heterocycles. The van der Waals surface area contributed by atoms with Crippen LogP contribution in [0.2, 0.25) is 0 Å². The van der Waals surface area contributed by atoms with Gasteiger partial charge in [-0.05, 0) is 59.9 Å². The lowest BCUT2D eigenvalue weighted by molar-refractivity contribution is -0.115. The minimum absolute atomic E-state index is 0.103. The molecule has 12 heteroatoms. The average molecular weight is 479 g/mol. The van der Waals surface area contributed by atoms with Crippen LogP contribution >= 0.6 is 23.1 Å². The van der Waals surface area contributed by atoms with Gasteiger partial charge in [-0.25, -0.2) is 8.42 Å². The van der Waals surface area contributed by atoms with E-state index in [0.29, 0.717) is 33.0 Å². The molecule has 1 amide bonds. The topological polar surface area (TPSA) is 110 Å². The molecule has 3 heterocycles. The van der Waals surface area contributed by atoms with Gasteiger partial charge in [0.25, 0.3) is 10.0 Å². The molecule has 0 unspecified atom stereocenters. The standard InChI is InChI=1S/C19H22N6O3S3/c1-29-19-21-22-23-25(19)15-7-5-6-14(12-15)20-17(26)13-16-8-9-18(30-16)31(27,28)24-10-3-2-4-11-24/h5-9,12H,2-4,10-11,13H2,1H3,(H,20,26). The Morgan fingerprint density at radius 1 is 1.19 bits per heavy atom. The van der Waals surface area contributed by atoms with Gasteiger partial charge in [0.15, 0.2) is 0 Å². The maximum absolute atomic E-state index is 12.8. The Hall–Kier alpha value is -2.28. The zero-order valence-corrected chi connectivity index (χ0v) is 19.3. The Bertz CT molecular complexity index is 1170. The lowest BCUT2D eigenvalue weighted by Gasteiger charge is -2.25. The number of aromatic nitrogens is 4. The van der Waals surface area contributed by atoms with Crippen molar-refractivity contribution in [3.05, 3.63) is 41.3 Å². The number of hydrogen-bond acceptors (Lipinski definition) is 8. The van der Waals surface area contributed by atoms with Crippen LogP contribution in [0.3, 0.4) is 0 Å². The largest absolute Gasteiger partial charge is 0.326 e. The van der Waals surface area contributed by atoms with Gasteiger partial charge in [-0.15, -0.1) is 16.4 Å². The highest BCUT2D eigenvalue weighted by molar-refractivity contribution is 7.98. The normalized spacial score (nSPS) is 15.1. The van der Waals surface area contributed by atoms with E-state index in [9.17, 15) is 13.2 Å². The van der Waals surface area contributed by atoms with Crippen LogP contribution in [0.1, 0.15) is 24.1 Å². The van der Waals surface area contributed by atoms with Crippen molar-refractivity contribution in [2.45, 2.75) is 35.0 Å². The summed E-state index contributed by atoms with van der Waals surface area (Å²) in [4.78, 5) is 13.3. The van der Waals surface area contributed by atoms with E-state index in [1.54, 1.807) is 33.3 Å². The maximum atomic E-state index is 12.8. The number of benzene rings is 1. The fourth-order valence-electron chi connectivity index (χ4n) is 3.37. The Kier molecular flexibility index (Phi) is 6.70. The smallest absolute Gasteiger partial charge is 0.252 e. The zero-order chi connectivity index (χ0) is 21.8. The molecular weight excluding hydrogens is 456 g/mol. The zero-order valence-electron chi connectivity index (χ0n) is 16.9. The molecule has 31 heavy (non-hydrogen) atoms. The number of carbonyl (C=O) groups excluding carboxylic acids is 1. The van der Waals surface area contributed by atoms with Crippen LogP contribution in [0, 0.1) is 0 Å². The summed E-state index contributed by atoms with van der Waals surface area (Å²) >= 11 is 2.58. The molecule has 1 fully saturated rings. The second-order valence-corrected chi connectivity index (χ2v) is 11.1. The number of thioether (sulfide) groups is 1.